The Hall–Kier alpha value is -1.21. The topological polar surface area (TPSA) is 72.3 Å². The van der Waals surface area contributed by atoms with Gasteiger partial charge in [-0.15, -0.1) is 0 Å². The van der Waals surface area contributed by atoms with Crippen LogP contribution in [-0.4, -0.2) is 40.9 Å². The van der Waals surface area contributed by atoms with Gasteiger partial charge in [0, 0.05) is 26.2 Å². The fourth-order valence-electron chi connectivity index (χ4n) is 2.42. The molecule has 1 aliphatic rings. The van der Waals surface area contributed by atoms with E-state index in [9.17, 15) is 13.2 Å². The van der Waals surface area contributed by atoms with Crippen molar-refractivity contribution in [1.82, 2.24) is 14.1 Å². The van der Waals surface area contributed by atoms with Gasteiger partial charge in [-0.25, -0.2) is 8.42 Å². The molecule has 1 fully saturated rings. The van der Waals surface area contributed by atoms with E-state index in [1.807, 2.05) is 0 Å². The fraction of sp³-hybridized carbons (Fsp3) is 0.667. The summed E-state index contributed by atoms with van der Waals surface area (Å²) in [6.45, 7) is 2.18. The fourth-order valence-corrected chi connectivity index (χ4v) is 4.08. The first kappa shape index (κ1) is 14.2. The molecule has 1 aromatic rings. The normalized spacial score (nSPS) is 21.5. The number of Topliss-reactive ketones (excluding diaryl/α,β-unsaturated/α-hetero) is 1. The molecule has 0 aliphatic carbocycles. The molecule has 0 radical (unpaired) electrons. The van der Waals surface area contributed by atoms with Gasteiger partial charge in [0.05, 0.1) is 12.2 Å². The van der Waals surface area contributed by atoms with E-state index in [2.05, 4.69) is 5.10 Å². The molecule has 1 aromatic heterocycles. The van der Waals surface area contributed by atoms with E-state index in [0.29, 0.717) is 19.4 Å². The summed E-state index contributed by atoms with van der Waals surface area (Å²) >= 11 is 0. The Labute approximate surface area is 113 Å². The van der Waals surface area contributed by atoms with Crippen LogP contribution >= 0.6 is 0 Å². The number of aromatic nitrogens is 2. The molecule has 0 bridgehead atoms. The van der Waals surface area contributed by atoms with Crippen LogP contribution in [0.5, 0.6) is 0 Å². The third-order valence-electron chi connectivity index (χ3n) is 3.46. The monoisotopic (exact) mass is 285 g/mol. The molecule has 0 unspecified atom stereocenters. The number of sulfonamides is 1. The van der Waals surface area contributed by atoms with Gasteiger partial charge in [-0.3, -0.25) is 9.48 Å². The van der Waals surface area contributed by atoms with Crippen LogP contribution in [-0.2, 0) is 21.9 Å². The number of hydrogen-bond acceptors (Lipinski definition) is 4. The standard InChI is InChI=1S/C12H19N3O3S/c1-3-12(16)11-6-4-5-7-15(11)19(17,18)10-8-13-14(2)9-10/h8-9,11H,3-7H2,1-2H3/t11-/m1/s1. The number of piperidine rings is 1. The van der Waals surface area contributed by atoms with Gasteiger partial charge in [0.15, 0.2) is 5.78 Å². The zero-order chi connectivity index (χ0) is 14.0. The maximum Gasteiger partial charge on any atom is 0.246 e. The van der Waals surface area contributed by atoms with Crippen LogP contribution in [0.3, 0.4) is 0 Å². The van der Waals surface area contributed by atoms with Crippen LogP contribution in [0.15, 0.2) is 17.3 Å². The molecule has 1 atom stereocenters. The Bertz CT molecular complexity index is 565. The summed E-state index contributed by atoms with van der Waals surface area (Å²) in [5, 5.41) is 3.89. The van der Waals surface area contributed by atoms with Crippen molar-refractivity contribution in [1.29, 1.82) is 0 Å². The SMILES string of the molecule is CCC(=O)[C@H]1CCCCN1S(=O)(=O)c1cnn(C)c1. The van der Waals surface area contributed by atoms with E-state index in [1.165, 1.54) is 21.4 Å². The Balaban J connectivity index is 2.34. The zero-order valence-corrected chi connectivity index (χ0v) is 12.1. The minimum Gasteiger partial charge on any atom is -0.298 e. The predicted octanol–water partition coefficient (Wildman–Crippen LogP) is 0.942. The lowest BCUT2D eigenvalue weighted by atomic mass is 10.00. The van der Waals surface area contributed by atoms with Crippen LogP contribution in [0.1, 0.15) is 32.6 Å². The first-order valence-corrected chi connectivity index (χ1v) is 7.94. The molecule has 0 saturated carbocycles. The molecular weight excluding hydrogens is 266 g/mol. The lowest BCUT2D eigenvalue weighted by Crippen LogP contribution is -2.47. The van der Waals surface area contributed by atoms with Crippen LogP contribution in [0.2, 0.25) is 0 Å². The number of aryl methyl sites for hydroxylation is 1. The van der Waals surface area contributed by atoms with Gasteiger partial charge in [-0.1, -0.05) is 13.3 Å². The van der Waals surface area contributed by atoms with E-state index in [1.54, 1.807) is 14.0 Å². The molecule has 106 valence electrons. The van der Waals surface area contributed by atoms with Crippen molar-refractivity contribution in [3.05, 3.63) is 12.4 Å². The number of nitrogens with zero attached hydrogens (tertiary/aromatic N) is 3. The molecule has 0 amide bonds. The molecule has 1 saturated heterocycles. The maximum atomic E-state index is 12.6. The van der Waals surface area contributed by atoms with E-state index in [0.717, 1.165) is 12.8 Å². The Morgan fingerprint density at radius 2 is 2.21 bits per heavy atom. The predicted molar refractivity (Wildman–Crippen MR) is 70.0 cm³/mol. The van der Waals surface area contributed by atoms with Gasteiger partial charge in [-0.05, 0) is 12.8 Å². The molecule has 2 rings (SSSR count). The van der Waals surface area contributed by atoms with E-state index in [4.69, 9.17) is 0 Å². The van der Waals surface area contributed by atoms with E-state index >= 15 is 0 Å². The van der Waals surface area contributed by atoms with Crippen molar-refractivity contribution in [3.63, 3.8) is 0 Å². The highest BCUT2D eigenvalue weighted by atomic mass is 32.2. The number of carbonyl (C=O) groups is 1. The highest BCUT2D eigenvalue weighted by Crippen LogP contribution is 2.26. The number of hydrogen-bond donors (Lipinski definition) is 0. The van der Waals surface area contributed by atoms with Gasteiger partial charge < -0.3 is 0 Å². The number of carbonyl (C=O) groups excluding carboxylic acids is 1. The van der Waals surface area contributed by atoms with Crippen molar-refractivity contribution >= 4 is 15.8 Å². The Morgan fingerprint density at radius 3 is 2.79 bits per heavy atom. The van der Waals surface area contributed by atoms with Crippen LogP contribution in [0, 0.1) is 0 Å². The van der Waals surface area contributed by atoms with Gasteiger partial charge in [-0.2, -0.15) is 9.40 Å². The molecule has 1 aliphatic heterocycles. The minimum absolute atomic E-state index is 0.00725. The average molecular weight is 285 g/mol. The minimum atomic E-state index is -3.62. The van der Waals surface area contributed by atoms with Gasteiger partial charge in [0.2, 0.25) is 10.0 Å². The lowest BCUT2D eigenvalue weighted by molar-refractivity contribution is -0.123. The highest BCUT2D eigenvalue weighted by Gasteiger charge is 2.37. The largest absolute Gasteiger partial charge is 0.298 e. The summed E-state index contributed by atoms with van der Waals surface area (Å²) in [6.07, 6.45) is 5.48. The van der Waals surface area contributed by atoms with Gasteiger partial charge >= 0.3 is 0 Å². The summed E-state index contributed by atoms with van der Waals surface area (Å²) < 4.78 is 27.9. The van der Waals surface area contributed by atoms with E-state index in [-0.39, 0.29) is 10.7 Å². The summed E-state index contributed by atoms with van der Waals surface area (Å²) in [4.78, 5) is 12.1. The van der Waals surface area contributed by atoms with Crippen molar-refractivity contribution in [2.24, 2.45) is 7.05 Å². The smallest absolute Gasteiger partial charge is 0.246 e. The summed E-state index contributed by atoms with van der Waals surface area (Å²) in [6, 6.07) is -0.510. The lowest BCUT2D eigenvalue weighted by Gasteiger charge is -2.33. The molecule has 0 aromatic carbocycles. The molecule has 6 nitrogen and oxygen atoms in total. The molecular formula is C12H19N3O3S. The molecule has 2 heterocycles. The van der Waals surface area contributed by atoms with Crippen LogP contribution in [0.25, 0.3) is 0 Å². The van der Waals surface area contributed by atoms with Crippen molar-refractivity contribution in [2.75, 3.05) is 6.54 Å². The first-order chi connectivity index (χ1) is 8.96. The second-order valence-electron chi connectivity index (χ2n) is 4.80. The third kappa shape index (κ3) is 2.71. The number of rotatable bonds is 4. The maximum absolute atomic E-state index is 12.6. The highest BCUT2D eigenvalue weighted by molar-refractivity contribution is 7.89. The molecule has 19 heavy (non-hydrogen) atoms. The molecule has 0 spiro atoms. The van der Waals surface area contributed by atoms with Crippen molar-refractivity contribution in [3.8, 4) is 0 Å². The average Bonchev–Trinajstić information content (AvgIpc) is 2.85. The van der Waals surface area contributed by atoms with Crippen LogP contribution in [0.4, 0.5) is 0 Å². The summed E-state index contributed by atoms with van der Waals surface area (Å²) in [5.41, 5.74) is 0. The van der Waals surface area contributed by atoms with Crippen molar-refractivity contribution < 1.29 is 13.2 Å². The summed E-state index contributed by atoms with van der Waals surface area (Å²) in [7, 11) is -1.95. The van der Waals surface area contributed by atoms with Crippen molar-refractivity contribution in [2.45, 2.75) is 43.5 Å². The quantitative estimate of drug-likeness (QED) is 0.825. The van der Waals surface area contributed by atoms with E-state index < -0.39 is 16.1 Å². The third-order valence-corrected chi connectivity index (χ3v) is 5.32. The number of ketones is 1. The zero-order valence-electron chi connectivity index (χ0n) is 11.2. The Morgan fingerprint density at radius 1 is 1.47 bits per heavy atom. The van der Waals surface area contributed by atoms with Crippen LogP contribution < -0.4 is 0 Å². The molecule has 7 heteroatoms. The molecule has 0 N–H and O–H groups in total. The second-order valence-corrected chi connectivity index (χ2v) is 6.69. The summed E-state index contributed by atoms with van der Waals surface area (Å²) in [5.74, 6) is -0.00725. The second kappa shape index (κ2) is 5.42. The van der Waals surface area contributed by atoms with Gasteiger partial charge in [0.1, 0.15) is 4.90 Å². The van der Waals surface area contributed by atoms with Gasteiger partial charge in [0.25, 0.3) is 0 Å². The Kier molecular flexibility index (Phi) is 4.05. The first-order valence-electron chi connectivity index (χ1n) is 6.50.